The lowest BCUT2D eigenvalue weighted by atomic mass is 9.71. The van der Waals surface area contributed by atoms with Crippen molar-refractivity contribution < 1.29 is 60.4 Å². The van der Waals surface area contributed by atoms with Crippen molar-refractivity contribution >= 4 is 11.9 Å². The number of hydrogen-bond donors (Lipinski definition) is 2. The molecule has 1 unspecified atom stereocenters. The molecule has 15 heteroatoms. The molecule has 0 bridgehead atoms. The second-order valence-electron chi connectivity index (χ2n) is 10.7. The fourth-order valence-electron chi connectivity index (χ4n) is 5.96. The number of ether oxygens (including phenoxy) is 3. The van der Waals surface area contributed by atoms with E-state index in [-0.39, 0.29) is 0 Å². The molecule has 0 aromatic heterocycles. The van der Waals surface area contributed by atoms with Gasteiger partial charge in [-0.25, -0.2) is 9.59 Å². The molecule has 0 saturated carbocycles. The van der Waals surface area contributed by atoms with Crippen LogP contribution >= 0.6 is 0 Å². The van der Waals surface area contributed by atoms with Crippen molar-refractivity contribution in [3.63, 3.8) is 0 Å². The summed E-state index contributed by atoms with van der Waals surface area (Å²) >= 11 is 0. The molecule has 0 aliphatic carbocycles. The van der Waals surface area contributed by atoms with E-state index in [1.165, 1.54) is 71.2 Å². The molecule has 234 valence electrons. The number of carboxylic acid groups (broad SMARTS) is 2. The maximum Gasteiger partial charge on any atom is 0.490 e. The maximum atomic E-state index is 10.6. The highest BCUT2D eigenvalue weighted by atomic mass is 19.4. The van der Waals surface area contributed by atoms with Crippen molar-refractivity contribution in [2.75, 3.05) is 72.9 Å². The lowest BCUT2D eigenvalue weighted by molar-refractivity contribution is -0.193. The lowest BCUT2D eigenvalue weighted by Gasteiger charge is -2.46. The largest absolute Gasteiger partial charge is 0.490 e. The van der Waals surface area contributed by atoms with Gasteiger partial charge in [-0.15, -0.1) is 0 Å². The molecule has 1 atom stereocenters. The third kappa shape index (κ3) is 11.0. The molecule has 9 nitrogen and oxygen atoms in total. The van der Waals surface area contributed by atoms with E-state index in [1.54, 1.807) is 0 Å². The van der Waals surface area contributed by atoms with Gasteiger partial charge in [-0.3, -0.25) is 0 Å². The van der Waals surface area contributed by atoms with Crippen LogP contribution in [0.5, 0.6) is 0 Å². The Morgan fingerprint density at radius 3 is 1.75 bits per heavy atom. The van der Waals surface area contributed by atoms with Gasteiger partial charge in [0.05, 0.1) is 6.61 Å². The topological polar surface area (TPSA) is 109 Å². The number of nitrogens with zero attached hydrogens (tertiary/aromatic N) is 2. The number of piperidine rings is 1. The van der Waals surface area contributed by atoms with E-state index in [0.29, 0.717) is 11.3 Å². The number of aliphatic carboxylic acids is 2. The van der Waals surface area contributed by atoms with E-state index >= 15 is 0 Å². The lowest BCUT2D eigenvalue weighted by Crippen LogP contribution is -2.50. The minimum absolute atomic E-state index is 0.489. The van der Waals surface area contributed by atoms with Gasteiger partial charge in [-0.2, -0.15) is 26.3 Å². The molecule has 4 fully saturated rings. The Kier molecular flexibility index (Phi) is 13.4. The minimum atomic E-state index is -5.08. The quantitative estimate of drug-likeness (QED) is 0.463. The summed E-state index contributed by atoms with van der Waals surface area (Å²) in [4.78, 5) is 23.3. The summed E-state index contributed by atoms with van der Waals surface area (Å²) in [6, 6.07) is 0.765. The number of methoxy groups -OCH3 is 1. The van der Waals surface area contributed by atoms with Crippen LogP contribution in [-0.2, 0) is 23.8 Å². The number of hydrogen-bond acceptors (Lipinski definition) is 7. The van der Waals surface area contributed by atoms with Gasteiger partial charge in [0.2, 0.25) is 0 Å². The van der Waals surface area contributed by atoms with E-state index in [1.807, 2.05) is 7.11 Å². The molecular weight excluding hydrogens is 554 g/mol. The van der Waals surface area contributed by atoms with Crippen molar-refractivity contribution in [2.45, 2.75) is 56.9 Å². The van der Waals surface area contributed by atoms with Gasteiger partial charge < -0.3 is 34.2 Å². The molecule has 2 N–H and O–H groups in total. The maximum absolute atomic E-state index is 10.6. The van der Waals surface area contributed by atoms with Crippen molar-refractivity contribution in [3.8, 4) is 0 Å². The normalized spacial score (nSPS) is 25.0. The second-order valence-corrected chi connectivity index (χ2v) is 10.7. The van der Waals surface area contributed by atoms with Crippen molar-refractivity contribution in [1.82, 2.24) is 9.80 Å². The molecular formula is C25H40F6N2O7. The summed E-state index contributed by atoms with van der Waals surface area (Å²) < 4.78 is 80.2. The molecule has 4 rings (SSSR count). The molecule has 4 aliphatic heterocycles. The van der Waals surface area contributed by atoms with Gasteiger partial charge in [-0.1, -0.05) is 0 Å². The third-order valence-electron chi connectivity index (χ3n) is 8.09. The summed E-state index contributed by atoms with van der Waals surface area (Å²) in [6.07, 6.45) is -2.52. The SMILES string of the molecule is COCC1CN(CC2CCOCC2)CC12CCN(C1CCOCC1)CC2.O=C(O)C(F)(F)F.O=C(O)C(F)(F)F. The number of carbonyl (C=O) groups is 2. The predicted molar refractivity (Wildman–Crippen MR) is 130 cm³/mol. The van der Waals surface area contributed by atoms with E-state index in [2.05, 4.69) is 9.80 Å². The Bertz CT molecular complexity index is 755. The van der Waals surface area contributed by atoms with Gasteiger partial charge in [0.1, 0.15) is 0 Å². The Morgan fingerprint density at radius 1 is 0.875 bits per heavy atom. The van der Waals surface area contributed by atoms with Crippen molar-refractivity contribution in [1.29, 1.82) is 0 Å². The monoisotopic (exact) mass is 594 g/mol. The Balaban J connectivity index is 0.000000333. The van der Waals surface area contributed by atoms with Crippen LogP contribution in [0.25, 0.3) is 0 Å². The predicted octanol–water partition coefficient (Wildman–Crippen LogP) is 3.52. The first kappa shape index (κ1) is 34.5. The highest BCUT2D eigenvalue weighted by Gasteiger charge is 2.48. The number of rotatable bonds is 5. The molecule has 0 aromatic rings. The smallest absolute Gasteiger partial charge is 0.475 e. The van der Waals surface area contributed by atoms with Crippen LogP contribution in [0.3, 0.4) is 0 Å². The Morgan fingerprint density at radius 2 is 1.32 bits per heavy atom. The summed E-state index contributed by atoms with van der Waals surface area (Å²) in [5.41, 5.74) is 0.489. The van der Waals surface area contributed by atoms with Gasteiger partial charge in [-0.05, 0) is 62.9 Å². The highest BCUT2D eigenvalue weighted by molar-refractivity contribution is 5.73. The highest BCUT2D eigenvalue weighted by Crippen LogP contribution is 2.46. The van der Waals surface area contributed by atoms with Gasteiger partial charge >= 0.3 is 24.3 Å². The standard InChI is InChI=1S/C21H38N2O3.2C2HF3O2/c1-24-16-19-15-22(14-18-2-10-25-11-3-18)17-21(19)6-8-23(9-7-21)20-4-12-26-13-5-20;2*3-2(4,5)1(6)7/h18-20H,2-17H2,1H3;2*(H,6,7). The summed E-state index contributed by atoms with van der Waals surface area (Å²) in [5, 5.41) is 14.2. The van der Waals surface area contributed by atoms with Crippen LogP contribution in [-0.4, -0.2) is 123 Å². The molecule has 0 radical (unpaired) electrons. The summed E-state index contributed by atoms with van der Waals surface area (Å²) in [6.45, 7) is 11.1. The molecule has 4 heterocycles. The van der Waals surface area contributed by atoms with Crippen LogP contribution in [0.1, 0.15) is 38.5 Å². The van der Waals surface area contributed by atoms with Gasteiger partial charge in [0, 0.05) is 65.1 Å². The summed E-state index contributed by atoms with van der Waals surface area (Å²) in [5.74, 6) is -3.96. The number of likely N-dealkylation sites (tertiary alicyclic amines) is 2. The zero-order valence-corrected chi connectivity index (χ0v) is 22.6. The average Bonchev–Trinajstić information content (AvgIpc) is 3.21. The van der Waals surface area contributed by atoms with Gasteiger partial charge in [0.25, 0.3) is 0 Å². The minimum Gasteiger partial charge on any atom is -0.475 e. The van der Waals surface area contributed by atoms with Crippen LogP contribution in [0.15, 0.2) is 0 Å². The second kappa shape index (κ2) is 15.5. The van der Waals surface area contributed by atoms with E-state index in [0.717, 1.165) is 45.0 Å². The van der Waals surface area contributed by atoms with Gasteiger partial charge in [0.15, 0.2) is 0 Å². The zero-order valence-electron chi connectivity index (χ0n) is 22.6. The Hall–Kier alpha value is -1.68. The molecule has 40 heavy (non-hydrogen) atoms. The van der Waals surface area contributed by atoms with E-state index in [9.17, 15) is 26.3 Å². The average molecular weight is 595 g/mol. The molecule has 4 saturated heterocycles. The first-order valence-electron chi connectivity index (χ1n) is 13.4. The van der Waals surface area contributed by atoms with Crippen LogP contribution in [0, 0.1) is 17.3 Å². The molecule has 0 amide bonds. The van der Waals surface area contributed by atoms with Crippen LogP contribution in [0.4, 0.5) is 26.3 Å². The fourth-order valence-corrected chi connectivity index (χ4v) is 5.96. The molecule has 4 aliphatic rings. The third-order valence-corrected chi connectivity index (χ3v) is 8.09. The first-order valence-corrected chi connectivity index (χ1v) is 13.4. The van der Waals surface area contributed by atoms with E-state index < -0.39 is 24.3 Å². The van der Waals surface area contributed by atoms with Crippen molar-refractivity contribution in [3.05, 3.63) is 0 Å². The number of alkyl halides is 6. The zero-order chi connectivity index (χ0) is 30.0. The molecule has 0 aromatic carbocycles. The Labute approximate surface area is 229 Å². The van der Waals surface area contributed by atoms with E-state index in [4.69, 9.17) is 34.0 Å². The number of halogens is 6. The summed E-state index contributed by atoms with van der Waals surface area (Å²) in [7, 11) is 1.88. The first-order chi connectivity index (χ1) is 18.7. The fraction of sp³-hybridized carbons (Fsp3) is 0.920. The molecule has 1 spiro atoms. The number of carboxylic acids is 2. The van der Waals surface area contributed by atoms with Crippen LogP contribution in [0.2, 0.25) is 0 Å². The van der Waals surface area contributed by atoms with Crippen LogP contribution < -0.4 is 0 Å². The van der Waals surface area contributed by atoms with Crippen molar-refractivity contribution in [2.24, 2.45) is 17.3 Å².